The van der Waals surface area contributed by atoms with E-state index < -0.39 is 0 Å². The third-order valence-electron chi connectivity index (χ3n) is 3.09. The Morgan fingerprint density at radius 1 is 1.35 bits per heavy atom. The summed E-state index contributed by atoms with van der Waals surface area (Å²) in [6.07, 6.45) is 3.59. The van der Waals surface area contributed by atoms with Crippen molar-refractivity contribution in [2.75, 3.05) is 24.2 Å². The lowest BCUT2D eigenvalue weighted by Gasteiger charge is -2.11. The van der Waals surface area contributed by atoms with E-state index in [2.05, 4.69) is 19.2 Å². The average Bonchev–Trinajstić information content (AvgIpc) is 2.39. The lowest BCUT2D eigenvalue weighted by Crippen LogP contribution is -2.08. The molecule has 1 aromatic rings. The Balaban J connectivity index is 2.45. The van der Waals surface area contributed by atoms with Crippen molar-refractivity contribution >= 4 is 17.3 Å². The van der Waals surface area contributed by atoms with E-state index in [-0.39, 0.29) is 5.97 Å². The molecule has 0 saturated carbocycles. The molecule has 3 N–H and O–H groups in total. The van der Waals surface area contributed by atoms with Gasteiger partial charge in [-0.15, -0.1) is 0 Å². The van der Waals surface area contributed by atoms with E-state index in [4.69, 9.17) is 10.5 Å². The van der Waals surface area contributed by atoms with Crippen LogP contribution in [0.1, 0.15) is 50.4 Å². The van der Waals surface area contributed by atoms with Gasteiger partial charge in [0.1, 0.15) is 0 Å². The average molecular weight is 278 g/mol. The van der Waals surface area contributed by atoms with E-state index >= 15 is 0 Å². The monoisotopic (exact) mass is 278 g/mol. The number of nitrogens with two attached hydrogens (primary N) is 1. The topological polar surface area (TPSA) is 64.3 Å². The van der Waals surface area contributed by atoms with Crippen LogP contribution >= 0.6 is 0 Å². The molecule has 0 unspecified atom stereocenters. The van der Waals surface area contributed by atoms with E-state index in [9.17, 15) is 4.79 Å². The zero-order chi connectivity index (χ0) is 15.0. The van der Waals surface area contributed by atoms with Crippen LogP contribution in [0, 0.1) is 5.92 Å². The fourth-order valence-corrected chi connectivity index (χ4v) is 1.97. The molecule has 0 saturated heterocycles. The van der Waals surface area contributed by atoms with Crippen molar-refractivity contribution in [3.8, 4) is 0 Å². The molecule has 0 amide bonds. The number of rotatable bonds is 8. The predicted molar refractivity (Wildman–Crippen MR) is 84.0 cm³/mol. The third kappa shape index (κ3) is 5.51. The number of nitrogen functional groups attached to an aromatic ring is 1. The highest BCUT2D eigenvalue weighted by Gasteiger charge is 2.08. The van der Waals surface area contributed by atoms with Crippen LogP contribution in [0.25, 0.3) is 0 Å². The molecule has 4 heteroatoms. The van der Waals surface area contributed by atoms with Crippen LogP contribution < -0.4 is 11.1 Å². The van der Waals surface area contributed by atoms with Crippen LogP contribution in [-0.4, -0.2) is 19.1 Å². The number of carbonyl (C=O) groups excluding carboxylic acids is 1. The van der Waals surface area contributed by atoms with Crippen molar-refractivity contribution in [1.82, 2.24) is 0 Å². The Kier molecular flexibility index (Phi) is 6.91. The molecule has 0 aliphatic rings. The number of unbranched alkanes of at least 4 members (excludes halogenated alkanes) is 1. The molecule has 4 nitrogen and oxygen atoms in total. The summed E-state index contributed by atoms with van der Waals surface area (Å²) >= 11 is 0. The number of hydrogen-bond acceptors (Lipinski definition) is 4. The zero-order valence-electron chi connectivity index (χ0n) is 12.7. The van der Waals surface area contributed by atoms with Crippen molar-refractivity contribution in [2.24, 2.45) is 5.92 Å². The smallest absolute Gasteiger partial charge is 0.338 e. The molecule has 0 atom stereocenters. The molecule has 112 valence electrons. The van der Waals surface area contributed by atoms with Crippen LogP contribution in [0.15, 0.2) is 18.2 Å². The van der Waals surface area contributed by atoms with Crippen molar-refractivity contribution in [1.29, 1.82) is 0 Å². The van der Waals surface area contributed by atoms with E-state index in [0.29, 0.717) is 17.9 Å². The van der Waals surface area contributed by atoms with Crippen LogP contribution in [-0.2, 0) is 4.74 Å². The molecule has 0 fully saturated rings. The minimum absolute atomic E-state index is 0.331. The van der Waals surface area contributed by atoms with Gasteiger partial charge in [0.05, 0.1) is 23.5 Å². The number of nitrogens with one attached hydrogen (secondary N) is 1. The molecule has 0 aromatic heterocycles. The Morgan fingerprint density at radius 3 is 2.70 bits per heavy atom. The van der Waals surface area contributed by atoms with Crippen molar-refractivity contribution < 1.29 is 9.53 Å². The minimum atomic E-state index is -0.331. The number of anilines is 2. The van der Waals surface area contributed by atoms with Crippen molar-refractivity contribution in [3.05, 3.63) is 23.8 Å². The van der Waals surface area contributed by atoms with E-state index in [1.807, 2.05) is 6.07 Å². The molecule has 0 radical (unpaired) electrons. The molecular weight excluding hydrogens is 252 g/mol. The molecule has 0 heterocycles. The summed E-state index contributed by atoms with van der Waals surface area (Å²) in [5.41, 5.74) is 7.90. The first-order valence-corrected chi connectivity index (χ1v) is 7.35. The maximum absolute atomic E-state index is 11.6. The second-order valence-electron chi connectivity index (χ2n) is 5.34. The van der Waals surface area contributed by atoms with Gasteiger partial charge in [-0.3, -0.25) is 0 Å². The first-order valence-electron chi connectivity index (χ1n) is 7.35. The summed E-state index contributed by atoms with van der Waals surface area (Å²) in [6.45, 7) is 7.53. The molecule has 20 heavy (non-hydrogen) atoms. The van der Waals surface area contributed by atoms with Gasteiger partial charge in [0.2, 0.25) is 0 Å². The van der Waals surface area contributed by atoms with Crippen LogP contribution in [0.3, 0.4) is 0 Å². The SMILES string of the molecule is CCOC(=O)c1ccc(NCCCCC(C)C)c(N)c1. The van der Waals surface area contributed by atoms with E-state index in [1.54, 1.807) is 19.1 Å². The van der Waals surface area contributed by atoms with Crippen molar-refractivity contribution in [2.45, 2.75) is 40.0 Å². The number of carbonyl (C=O) groups is 1. The molecule has 1 aromatic carbocycles. The van der Waals surface area contributed by atoms with Crippen molar-refractivity contribution in [3.63, 3.8) is 0 Å². The maximum atomic E-state index is 11.6. The summed E-state index contributed by atoms with van der Waals surface area (Å²) in [7, 11) is 0. The van der Waals surface area contributed by atoms with Crippen LogP contribution in [0.2, 0.25) is 0 Å². The second-order valence-corrected chi connectivity index (χ2v) is 5.34. The van der Waals surface area contributed by atoms with Gasteiger partial charge in [-0.25, -0.2) is 4.79 Å². The molecule has 0 aliphatic heterocycles. The Morgan fingerprint density at radius 2 is 2.10 bits per heavy atom. The van der Waals surface area contributed by atoms with Gasteiger partial charge in [-0.2, -0.15) is 0 Å². The summed E-state index contributed by atoms with van der Waals surface area (Å²) in [5.74, 6) is 0.423. The van der Waals surface area contributed by atoms with Gasteiger partial charge in [0, 0.05) is 6.54 Å². The van der Waals surface area contributed by atoms with Gasteiger partial charge >= 0.3 is 5.97 Å². The first-order chi connectivity index (χ1) is 9.54. The van der Waals surface area contributed by atoms with Gasteiger partial charge in [0.15, 0.2) is 0 Å². The molecule has 0 bridgehead atoms. The Labute approximate surface area is 121 Å². The quantitative estimate of drug-likeness (QED) is 0.432. The molecule has 0 aliphatic carbocycles. The Bertz CT molecular complexity index is 430. The van der Waals surface area contributed by atoms with Crippen LogP contribution in [0.5, 0.6) is 0 Å². The molecule has 0 spiro atoms. The first kappa shape index (κ1) is 16.3. The number of ether oxygens (including phenoxy) is 1. The maximum Gasteiger partial charge on any atom is 0.338 e. The largest absolute Gasteiger partial charge is 0.462 e. The highest BCUT2D eigenvalue weighted by atomic mass is 16.5. The predicted octanol–water partition coefficient (Wildman–Crippen LogP) is 3.68. The van der Waals surface area contributed by atoms with E-state index in [0.717, 1.165) is 24.6 Å². The Hall–Kier alpha value is -1.71. The number of esters is 1. The summed E-state index contributed by atoms with van der Waals surface area (Å²) < 4.78 is 4.94. The van der Waals surface area contributed by atoms with Crippen LogP contribution in [0.4, 0.5) is 11.4 Å². The highest BCUT2D eigenvalue weighted by molar-refractivity contribution is 5.91. The minimum Gasteiger partial charge on any atom is -0.462 e. The second kappa shape index (κ2) is 8.46. The lowest BCUT2D eigenvalue weighted by atomic mass is 10.1. The van der Waals surface area contributed by atoms with E-state index in [1.165, 1.54) is 12.8 Å². The highest BCUT2D eigenvalue weighted by Crippen LogP contribution is 2.20. The third-order valence-corrected chi connectivity index (χ3v) is 3.09. The fourth-order valence-electron chi connectivity index (χ4n) is 1.97. The summed E-state index contributed by atoms with van der Waals surface area (Å²) in [6, 6.07) is 5.24. The number of benzene rings is 1. The molecule has 1 rings (SSSR count). The summed E-state index contributed by atoms with van der Waals surface area (Å²) in [4.78, 5) is 11.6. The summed E-state index contributed by atoms with van der Waals surface area (Å²) in [5, 5.41) is 3.31. The van der Waals surface area contributed by atoms with Gasteiger partial charge in [-0.05, 0) is 37.5 Å². The van der Waals surface area contributed by atoms with Gasteiger partial charge < -0.3 is 15.8 Å². The fraction of sp³-hybridized carbons (Fsp3) is 0.562. The number of hydrogen-bond donors (Lipinski definition) is 2. The standard InChI is InChI=1S/C16H26N2O2/c1-4-20-16(19)13-8-9-15(14(17)11-13)18-10-6-5-7-12(2)3/h8-9,11-12,18H,4-7,10,17H2,1-3H3. The van der Waals surface area contributed by atoms with Gasteiger partial charge in [-0.1, -0.05) is 26.7 Å². The zero-order valence-corrected chi connectivity index (χ0v) is 12.7. The van der Waals surface area contributed by atoms with Gasteiger partial charge in [0.25, 0.3) is 0 Å². The lowest BCUT2D eigenvalue weighted by molar-refractivity contribution is 0.0526. The molecular formula is C16H26N2O2. The normalized spacial score (nSPS) is 10.6.